The first-order chi connectivity index (χ1) is 16.4. The fraction of sp³-hybridized carbons (Fsp3) is 0.250. The van der Waals surface area contributed by atoms with Crippen LogP contribution >= 0.6 is 0 Å². The number of benzene rings is 2. The van der Waals surface area contributed by atoms with E-state index < -0.39 is 17.7 Å². The average molecular weight is 457 g/mol. The monoisotopic (exact) mass is 456 g/mol. The molecule has 174 valence electrons. The maximum absolute atomic E-state index is 13.2. The lowest BCUT2D eigenvalue weighted by atomic mass is 9.93. The number of ketones is 1. The molecular weight excluding hydrogens is 428 g/mol. The van der Waals surface area contributed by atoms with Crippen LogP contribution in [0.25, 0.3) is 5.76 Å². The number of ether oxygens (including phenoxy) is 1. The highest BCUT2D eigenvalue weighted by atomic mass is 16.5. The van der Waals surface area contributed by atoms with E-state index in [2.05, 4.69) is 4.98 Å². The van der Waals surface area contributed by atoms with Crippen LogP contribution < -0.4 is 4.74 Å². The highest BCUT2D eigenvalue weighted by Crippen LogP contribution is 2.41. The highest BCUT2D eigenvalue weighted by Gasteiger charge is 2.46. The van der Waals surface area contributed by atoms with Crippen LogP contribution in [0.15, 0.2) is 72.6 Å². The van der Waals surface area contributed by atoms with Crippen molar-refractivity contribution < 1.29 is 19.4 Å². The van der Waals surface area contributed by atoms with E-state index in [-0.39, 0.29) is 17.9 Å². The number of aliphatic hydroxyl groups is 1. The Hall–Kier alpha value is -3.93. The second-order valence-electron chi connectivity index (χ2n) is 8.52. The Bertz CT molecular complexity index is 1230. The molecule has 0 bridgehead atoms. The van der Waals surface area contributed by atoms with E-state index in [4.69, 9.17) is 4.74 Å². The highest BCUT2D eigenvalue weighted by molar-refractivity contribution is 6.46. The molecule has 0 aliphatic carbocycles. The first kappa shape index (κ1) is 23.2. The van der Waals surface area contributed by atoms with Crippen molar-refractivity contribution in [3.8, 4) is 5.75 Å². The molecule has 1 atom stereocenters. The zero-order valence-corrected chi connectivity index (χ0v) is 19.6. The van der Waals surface area contributed by atoms with Gasteiger partial charge in [0.05, 0.1) is 18.2 Å². The van der Waals surface area contributed by atoms with Crippen molar-refractivity contribution in [3.05, 3.63) is 100 Å². The lowest BCUT2D eigenvalue weighted by Gasteiger charge is -2.25. The number of nitrogens with zero attached hydrogens (tertiary/aromatic N) is 2. The molecule has 0 spiro atoms. The molecule has 2 heterocycles. The fourth-order valence-corrected chi connectivity index (χ4v) is 4.18. The fourth-order valence-electron chi connectivity index (χ4n) is 4.18. The molecule has 1 saturated heterocycles. The molecular formula is C28H28N2O4. The number of aryl methyl sites for hydroxylation is 2. The van der Waals surface area contributed by atoms with Gasteiger partial charge < -0.3 is 14.7 Å². The van der Waals surface area contributed by atoms with Gasteiger partial charge in [0.25, 0.3) is 11.7 Å². The molecule has 6 heteroatoms. The smallest absolute Gasteiger partial charge is 0.295 e. The average Bonchev–Trinajstić information content (AvgIpc) is 3.08. The van der Waals surface area contributed by atoms with Crippen molar-refractivity contribution in [2.75, 3.05) is 6.61 Å². The standard InChI is InChI=1S/C28H28N2O4/c1-4-14-34-22-11-12-23(19(3)15-22)26(31)24-25(21-9-7-18(2)8-10-21)30(28(33)27(24)32)17-20-6-5-13-29-16-20/h5-13,15-16,25,31H,4,14,17H2,1-3H3/t25-/m1/s1. The maximum atomic E-state index is 13.2. The summed E-state index contributed by atoms with van der Waals surface area (Å²) in [6.45, 7) is 6.65. The van der Waals surface area contributed by atoms with Gasteiger partial charge in [-0.15, -0.1) is 0 Å². The zero-order valence-electron chi connectivity index (χ0n) is 19.6. The summed E-state index contributed by atoms with van der Waals surface area (Å²) in [4.78, 5) is 32.0. The summed E-state index contributed by atoms with van der Waals surface area (Å²) in [6.07, 6.45) is 4.22. The van der Waals surface area contributed by atoms with Crippen molar-refractivity contribution >= 4 is 17.4 Å². The first-order valence-electron chi connectivity index (χ1n) is 11.4. The van der Waals surface area contributed by atoms with E-state index in [0.717, 1.165) is 28.7 Å². The van der Waals surface area contributed by atoms with Gasteiger partial charge in [0, 0.05) is 24.5 Å². The number of carbonyl (C=O) groups excluding carboxylic acids is 2. The van der Waals surface area contributed by atoms with Gasteiger partial charge in [-0.05, 0) is 61.2 Å². The van der Waals surface area contributed by atoms with Crippen LogP contribution in [-0.2, 0) is 16.1 Å². The van der Waals surface area contributed by atoms with Gasteiger partial charge in [-0.3, -0.25) is 14.6 Å². The number of aliphatic hydroxyl groups excluding tert-OH is 1. The third-order valence-corrected chi connectivity index (χ3v) is 5.93. The minimum atomic E-state index is -0.712. The zero-order chi connectivity index (χ0) is 24.2. The van der Waals surface area contributed by atoms with Gasteiger partial charge >= 0.3 is 0 Å². The summed E-state index contributed by atoms with van der Waals surface area (Å²) in [5, 5.41) is 11.4. The van der Waals surface area contributed by atoms with Crippen LogP contribution in [0.5, 0.6) is 5.75 Å². The predicted molar refractivity (Wildman–Crippen MR) is 130 cm³/mol. The quantitative estimate of drug-likeness (QED) is 0.304. The molecule has 0 saturated carbocycles. The third-order valence-electron chi connectivity index (χ3n) is 5.93. The van der Waals surface area contributed by atoms with Gasteiger partial charge in [0.1, 0.15) is 11.5 Å². The molecule has 1 aliphatic rings. The molecule has 3 aromatic rings. The Kier molecular flexibility index (Phi) is 6.77. The largest absolute Gasteiger partial charge is 0.507 e. The maximum Gasteiger partial charge on any atom is 0.295 e. The van der Waals surface area contributed by atoms with Crippen LogP contribution in [0.2, 0.25) is 0 Å². The van der Waals surface area contributed by atoms with Gasteiger partial charge in [-0.2, -0.15) is 0 Å². The summed E-state index contributed by atoms with van der Waals surface area (Å²) in [7, 11) is 0. The molecule has 1 N–H and O–H groups in total. The summed E-state index contributed by atoms with van der Waals surface area (Å²) in [6, 6.07) is 15.9. The molecule has 1 fully saturated rings. The summed E-state index contributed by atoms with van der Waals surface area (Å²) >= 11 is 0. The Morgan fingerprint density at radius 1 is 1.09 bits per heavy atom. The van der Waals surface area contributed by atoms with E-state index in [0.29, 0.717) is 17.9 Å². The number of hydrogen-bond acceptors (Lipinski definition) is 5. The van der Waals surface area contributed by atoms with Crippen molar-refractivity contribution in [2.45, 2.75) is 39.8 Å². The third kappa shape index (κ3) is 4.57. The number of Topliss-reactive ketones (excluding diaryl/α,β-unsaturated/α-hetero) is 1. The van der Waals surface area contributed by atoms with Crippen molar-refractivity contribution in [1.82, 2.24) is 9.88 Å². The SMILES string of the molecule is CCCOc1ccc(C(O)=C2C(=O)C(=O)N(Cc3cccnc3)[C@@H]2c2ccc(C)cc2)c(C)c1. The van der Waals surface area contributed by atoms with E-state index in [9.17, 15) is 14.7 Å². The Balaban J connectivity index is 1.82. The Morgan fingerprint density at radius 2 is 1.85 bits per heavy atom. The summed E-state index contributed by atoms with van der Waals surface area (Å²) in [5.41, 5.74) is 3.97. The normalized spacial score (nSPS) is 17.3. The van der Waals surface area contributed by atoms with Crippen LogP contribution in [0.3, 0.4) is 0 Å². The molecule has 1 aliphatic heterocycles. The lowest BCUT2D eigenvalue weighted by molar-refractivity contribution is -0.140. The number of likely N-dealkylation sites (tertiary alicyclic amines) is 1. The number of amides is 1. The van der Waals surface area contributed by atoms with E-state index in [1.165, 1.54) is 4.90 Å². The minimum absolute atomic E-state index is 0.0862. The number of rotatable bonds is 7. The van der Waals surface area contributed by atoms with Crippen LogP contribution in [0.4, 0.5) is 0 Å². The van der Waals surface area contributed by atoms with Gasteiger partial charge in [-0.1, -0.05) is 42.8 Å². The van der Waals surface area contributed by atoms with Crippen LogP contribution in [0.1, 0.15) is 47.2 Å². The number of carbonyl (C=O) groups is 2. The topological polar surface area (TPSA) is 79.7 Å². The second-order valence-corrected chi connectivity index (χ2v) is 8.52. The number of hydrogen-bond donors (Lipinski definition) is 1. The van der Waals surface area contributed by atoms with E-state index >= 15 is 0 Å². The molecule has 4 rings (SSSR count). The molecule has 1 aromatic heterocycles. The molecule has 34 heavy (non-hydrogen) atoms. The van der Waals surface area contributed by atoms with Gasteiger partial charge in [-0.25, -0.2) is 0 Å². The van der Waals surface area contributed by atoms with E-state index in [1.54, 1.807) is 30.6 Å². The Morgan fingerprint density at radius 3 is 2.50 bits per heavy atom. The van der Waals surface area contributed by atoms with Crippen molar-refractivity contribution in [1.29, 1.82) is 0 Å². The molecule has 0 unspecified atom stereocenters. The molecule has 0 radical (unpaired) electrons. The van der Waals surface area contributed by atoms with Gasteiger partial charge in [0.2, 0.25) is 0 Å². The van der Waals surface area contributed by atoms with Gasteiger partial charge in [0.15, 0.2) is 0 Å². The summed E-state index contributed by atoms with van der Waals surface area (Å²) < 4.78 is 5.69. The molecule has 6 nitrogen and oxygen atoms in total. The number of aromatic nitrogens is 1. The van der Waals surface area contributed by atoms with Crippen molar-refractivity contribution in [3.63, 3.8) is 0 Å². The number of pyridine rings is 1. The lowest BCUT2D eigenvalue weighted by Crippen LogP contribution is -2.29. The van der Waals surface area contributed by atoms with Crippen LogP contribution in [0, 0.1) is 13.8 Å². The van der Waals surface area contributed by atoms with E-state index in [1.807, 2.05) is 57.2 Å². The summed E-state index contributed by atoms with van der Waals surface area (Å²) in [5.74, 6) is -0.825. The first-order valence-corrected chi connectivity index (χ1v) is 11.4. The Labute approximate surface area is 199 Å². The van der Waals surface area contributed by atoms with Crippen LogP contribution in [-0.4, -0.2) is 33.3 Å². The van der Waals surface area contributed by atoms with Crippen molar-refractivity contribution in [2.24, 2.45) is 0 Å². The molecule has 1 amide bonds. The predicted octanol–water partition coefficient (Wildman–Crippen LogP) is 5.11. The molecule has 2 aromatic carbocycles. The second kappa shape index (κ2) is 9.91. The minimum Gasteiger partial charge on any atom is -0.507 e.